The van der Waals surface area contributed by atoms with Crippen LogP contribution in [0.2, 0.25) is 0 Å². The molecule has 2 heterocycles. The number of allylic oxidation sites excluding steroid dienone is 1. The lowest BCUT2D eigenvalue weighted by Crippen LogP contribution is -2.25. The van der Waals surface area contributed by atoms with Gasteiger partial charge in [0.05, 0.1) is 5.71 Å². The number of aromatic amines is 1. The largest absolute Gasteiger partial charge is 0.356 e. The summed E-state index contributed by atoms with van der Waals surface area (Å²) in [6, 6.07) is 10.4. The van der Waals surface area contributed by atoms with Gasteiger partial charge in [-0.3, -0.25) is 5.10 Å². The van der Waals surface area contributed by atoms with Gasteiger partial charge >= 0.3 is 0 Å². The van der Waals surface area contributed by atoms with E-state index in [1.54, 1.807) is 18.3 Å². The van der Waals surface area contributed by atoms with E-state index in [1.807, 2.05) is 24.3 Å². The summed E-state index contributed by atoms with van der Waals surface area (Å²) in [6.45, 7) is 13.9. The molecule has 0 aliphatic rings. The van der Waals surface area contributed by atoms with Crippen LogP contribution in [0.25, 0.3) is 12.2 Å². The maximum Gasteiger partial charge on any atom is 0.173 e. The van der Waals surface area contributed by atoms with Gasteiger partial charge in [-0.15, -0.1) is 6.58 Å². The molecule has 0 aliphatic heterocycles. The van der Waals surface area contributed by atoms with Crippen molar-refractivity contribution < 1.29 is 0 Å². The zero-order chi connectivity index (χ0) is 25.0. The predicted octanol–water partition coefficient (Wildman–Crippen LogP) is 6.26. The third-order valence-electron chi connectivity index (χ3n) is 5.75. The number of pyridine rings is 1. The van der Waals surface area contributed by atoms with E-state index < -0.39 is 0 Å². The number of rotatable bonds is 14. The van der Waals surface area contributed by atoms with E-state index in [2.05, 4.69) is 70.3 Å². The van der Waals surface area contributed by atoms with Crippen LogP contribution in [0.4, 0.5) is 5.82 Å². The molecule has 182 valence electrons. The maximum absolute atomic E-state index is 8.41. The minimum absolute atomic E-state index is 0.368. The molecule has 3 aromatic rings. The first kappa shape index (κ1) is 25.8. The lowest BCUT2D eigenvalue weighted by Gasteiger charge is -2.22. The molecular weight excluding hydrogens is 432 g/mol. The maximum atomic E-state index is 8.41. The minimum atomic E-state index is 0.368. The fraction of sp³-hybridized carbons (Fsp3) is 0.310. The molecule has 0 atom stereocenters. The van der Waals surface area contributed by atoms with Crippen molar-refractivity contribution in [3.05, 3.63) is 95.7 Å². The van der Waals surface area contributed by atoms with Crippen LogP contribution in [0.15, 0.2) is 61.8 Å². The molecule has 0 bridgehead atoms. The number of nitrogens with one attached hydrogen (secondary N) is 2. The lowest BCUT2D eigenvalue weighted by atomic mass is 9.99. The monoisotopic (exact) mass is 468 g/mol. The van der Waals surface area contributed by atoms with Crippen molar-refractivity contribution in [2.45, 2.75) is 46.0 Å². The summed E-state index contributed by atoms with van der Waals surface area (Å²) >= 11 is 0. The van der Waals surface area contributed by atoms with Crippen molar-refractivity contribution in [3.8, 4) is 0 Å². The van der Waals surface area contributed by atoms with Gasteiger partial charge in [0.1, 0.15) is 11.6 Å². The first-order chi connectivity index (χ1) is 17.1. The van der Waals surface area contributed by atoms with Gasteiger partial charge < -0.3 is 10.3 Å². The van der Waals surface area contributed by atoms with Crippen molar-refractivity contribution in [3.63, 3.8) is 0 Å². The number of aryl methyl sites for hydroxylation is 1. The third-order valence-corrected chi connectivity index (χ3v) is 5.75. The Labute approximate surface area is 209 Å². The molecule has 6 nitrogen and oxygen atoms in total. The SMILES string of the molecule is C=CCCN(CCC)c1ccc(C(=N)/C=C\c2n[nH]c(Cc3ccc(C=C)c(CCC)c3)n2)cn1. The fourth-order valence-corrected chi connectivity index (χ4v) is 3.96. The van der Waals surface area contributed by atoms with Crippen LogP contribution < -0.4 is 4.90 Å². The Morgan fingerprint density at radius 1 is 1.11 bits per heavy atom. The Kier molecular flexibility index (Phi) is 9.72. The molecule has 0 radical (unpaired) electrons. The second-order valence-electron chi connectivity index (χ2n) is 8.52. The van der Waals surface area contributed by atoms with Gasteiger partial charge in [-0.2, -0.15) is 5.10 Å². The molecule has 6 heteroatoms. The summed E-state index contributed by atoms with van der Waals surface area (Å²) in [7, 11) is 0. The summed E-state index contributed by atoms with van der Waals surface area (Å²) in [4.78, 5) is 11.4. The predicted molar refractivity (Wildman–Crippen MR) is 147 cm³/mol. The van der Waals surface area contributed by atoms with Crippen LogP contribution in [0.5, 0.6) is 0 Å². The average molecular weight is 469 g/mol. The molecule has 0 amide bonds. The van der Waals surface area contributed by atoms with Gasteiger partial charge in [0.2, 0.25) is 0 Å². The fourth-order valence-electron chi connectivity index (χ4n) is 3.96. The van der Waals surface area contributed by atoms with Gasteiger partial charge in [0.25, 0.3) is 0 Å². The molecule has 2 N–H and O–H groups in total. The van der Waals surface area contributed by atoms with Crippen molar-refractivity contribution in [2.75, 3.05) is 18.0 Å². The van der Waals surface area contributed by atoms with Crippen LogP contribution in [0, 0.1) is 5.41 Å². The highest BCUT2D eigenvalue weighted by Gasteiger charge is 2.08. The van der Waals surface area contributed by atoms with E-state index >= 15 is 0 Å². The van der Waals surface area contributed by atoms with Gasteiger partial charge in [-0.05, 0) is 60.2 Å². The number of hydrogen-bond acceptors (Lipinski definition) is 5. The number of benzene rings is 1. The molecule has 0 saturated carbocycles. The van der Waals surface area contributed by atoms with Crippen LogP contribution in [0.3, 0.4) is 0 Å². The quantitative estimate of drug-likeness (QED) is 0.216. The normalized spacial score (nSPS) is 11.0. The molecule has 2 aromatic heterocycles. The smallest absolute Gasteiger partial charge is 0.173 e. The Hall–Kier alpha value is -3.80. The highest BCUT2D eigenvalue weighted by atomic mass is 15.2. The number of nitrogens with zero attached hydrogens (tertiary/aromatic N) is 4. The molecule has 0 spiro atoms. The standard InChI is InChI=1S/C29H36N6/c1-5-9-18-35(17-7-3)29-16-13-25(21-31-29)26(30)14-15-27-32-28(34-33-27)20-22-11-12-23(8-4)24(19-22)10-6-2/h5,8,11-16,19,21,30H,1,4,6-7,9-10,17-18,20H2,2-3H3,(H,32,33,34)/b15-14-,30-26?. The Balaban J connectivity index is 1.63. The van der Waals surface area contributed by atoms with Crippen molar-refractivity contribution in [1.29, 1.82) is 5.41 Å². The Morgan fingerprint density at radius 3 is 2.66 bits per heavy atom. The molecule has 3 rings (SSSR count). The number of hydrogen-bond donors (Lipinski definition) is 2. The zero-order valence-corrected chi connectivity index (χ0v) is 20.9. The molecular formula is C29H36N6. The van der Waals surface area contributed by atoms with Crippen LogP contribution >= 0.6 is 0 Å². The third kappa shape index (κ3) is 7.34. The van der Waals surface area contributed by atoms with Gasteiger partial charge in [-0.1, -0.05) is 57.2 Å². The zero-order valence-electron chi connectivity index (χ0n) is 20.9. The van der Waals surface area contributed by atoms with E-state index in [1.165, 1.54) is 16.7 Å². The van der Waals surface area contributed by atoms with Crippen LogP contribution in [-0.4, -0.2) is 39.0 Å². The summed E-state index contributed by atoms with van der Waals surface area (Å²) in [5.74, 6) is 2.28. The van der Waals surface area contributed by atoms with Crippen molar-refractivity contribution in [2.24, 2.45) is 0 Å². The summed E-state index contributed by atoms with van der Waals surface area (Å²) in [5.41, 5.74) is 4.81. The van der Waals surface area contributed by atoms with E-state index in [-0.39, 0.29) is 0 Å². The number of aromatic nitrogens is 4. The van der Waals surface area contributed by atoms with Gasteiger partial charge in [0.15, 0.2) is 5.82 Å². The van der Waals surface area contributed by atoms with E-state index in [4.69, 9.17) is 5.41 Å². The average Bonchev–Trinajstić information content (AvgIpc) is 3.33. The first-order valence-corrected chi connectivity index (χ1v) is 12.3. The lowest BCUT2D eigenvalue weighted by molar-refractivity contribution is 0.753. The highest BCUT2D eigenvalue weighted by molar-refractivity contribution is 6.08. The number of H-pyrrole nitrogens is 1. The Morgan fingerprint density at radius 2 is 1.97 bits per heavy atom. The second kappa shape index (κ2) is 13.2. The van der Waals surface area contributed by atoms with Crippen LogP contribution in [-0.2, 0) is 12.8 Å². The molecule has 35 heavy (non-hydrogen) atoms. The molecule has 0 unspecified atom stereocenters. The van der Waals surface area contributed by atoms with Crippen molar-refractivity contribution in [1.82, 2.24) is 20.2 Å². The minimum Gasteiger partial charge on any atom is -0.356 e. The van der Waals surface area contributed by atoms with Gasteiger partial charge in [-0.25, -0.2) is 9.97 Å². The molecule has 1 aromatic carbocycles. The highest BCUT2D eigenvalue weighted by Crippen LogP contribution is 2.18. The van der Waals surface area contributed by atoms with E-state index in [0.717, 1.165) is 56.0 Å². The first-order valence-electron chi connectivity index (χ1n) is 12.3. The van der Waals surface area contributed by atoms with Crippen molar-refractivity contribution >= 4 is 23.7 Å². The summed E-state index contributed by atoms with van der Waals surface area (Å²) in [5, 5.41) is 15.7. The van der Waals surface area contributed by atoms with Crippen LogP contribution in [0.1, 0.15) is 67.0 Å². The second-order valence-corrected chi connectivity index (χ2v) is 8.52. The number of anilines is 1. The summed E-state index contributed by atoms with van der Waals surface area (Å²) in [6.07, 6.45) is 13.8. The van der Waals surface area contributed by atoms with E-state index in [0.29, 0.717) is 18.0 Å². The summed E-state index contributed by atoms with van der Waals surface area (Å²) < 4.78 is 0. The molecule has 0 saturated heterocycles. The topological polar surface area (TPSA) is 81.5 Å². The molecule has 0 fully saturated rings. The van der Waals surface area contributed by atoms with Gasteiger partial charge in [0, 0.05) is 31.3 Å². The Bertz CT molecular complexity index is 1160. The van der Waals surface area contributed by atoms with E-state index in [9.17, 15) is 0 Å². The molecule has 0 aliphatic carbocycles.